The number of pyridine rings is 1. The van der Waals surface area contributed by atoms with Gasteiger partial charge < -0.3 is 15.0 Å². The molecule has 2 rings (SSSR count). The summed E-state index contributed by atoms with van der Waals surface area (Å²) in [5, 5.41) is 3.60. The minimum atomic E-state index is -0.492. The van der Waals surface area contributed by atoms with Gasteiger partial charge >= 0.3 is 6.09 Å². The Balaban J connectivity index is 1.93. The van der Waals surface area contributed by atoms with E-state index in [-0.39, 0.29) is 12.1 Å². The van der Waals surface area contributed by atoms with Crippen LogP contribution >= 0.6 is 23.2 Å². The summed E-state index contributed by atoms with van der Waals surface area (Å²) in [6.07, 6.45) is 0.455. The third-order valence-electron chi connectivity index (χ3n) is 3.02. The van der Waals surface area contributed by atoms with Crippen molar-refractivity contribution in [2.75, 3.05) is 18.0 Å². The van der Waals surface area contributed by atoms with Crippen LogP contribution in [-0.2, 0) is 4.74 Å². The predicted octanol–water partition coefficient (Wildman–Crippen LogP) is 3.49. The molecule has 0 aromatic carbocycles. The summed E-state index contributed by atoms with van der Waals surface area (Å²) in [6, 6.07) is 3.58. The first-order valence-corrected chi connectivity index (χ1v) is 7.56. The van der Waals surface area contributed by atoms with Gasteiger partial charge in [-0.3, -0.25) is 0 Å². The molecule has 5 nitrogen and oxygen atoms in total. The summed E-state index contributed by atoms with van der Waals surface area (Å²) >= 11 is 11.8. The minimum Gasteiger partial charge on any atom is -0.444 e. The molecule has 0 spiro atoms. The van der Waals surface area contributed by atoms with Gasteiger partial charge in [-0.25, -0.2) is 9.78 Å². The van der Waals surface area contributed by atoms with Crippen molar-refractivity contribution in [3.8, 4) is 0 Å². The number of nitrogens with zero attached hydrogens (tertiary/aromatic N) is 2. The highest BCUT2D eigenvalue weighted by atomic mass is 35.5. The lowest BCUT2D eigenvalue weighted by molar-refractivity contribution is 0.0509. The smallest absolute Gasteiger partial charge is 0.407 e. The van der Waals surface area contributed by atoms with E-state index in [2.05, 4.69) is 15.2 Å². The number of aromatic nitrogens is 1. The molecule has 1 atom stereocenters. The van der Waals surface area contributed by atoms with Crippen LogP contribution < -0.4 is 10.2 Å². The summed E-state index contributed by atoms with van der Waals surface area (Å²) in [5.74, 6) is 0. The fraction of sp³-hybridized carbons (Fsp3) is 0.571. The number of ether oxygens (including phenoxy) is 1. The normalized spacial score (nSPS) is 18.7. The Morgan fingerprint density at radius 3 is 2.57 bits per heavy atom. The van der Waals surface area contributed by atoms with Crippen molar-refractivity contribution in [2.24, 2.45) is 0 Å². The molecule has 1 aromatic rings. The second-order valence-corrected chi connectivity index (χ2v) is 6.82. The zero-order valence-corrected chi connectivity index (χ0v) is 13.8. The van der Waals surface area contributed by atoms with Gasteiger partial charge in [0.1, 0.15) is 15.9 Å². The second kappa shape index (κ2) is 6.28. The number of carbonyl (C=O) groups excluding carboxylic acids is 1. The fourth-order valence-corrected chi connectivity index (χ4v) is 2.67. The Labute approximate surface area is 134 Å². The molecule has 116 valence electrons. The summed E-state index contributed by atoms with van der Waals surface area (Å²) in [5.41, 5.74) is 0.419. The molecule has 1 fully saturated rings. The Kier molecular flexibility index (Phi) is 4.84. The third kappa shape index (κ3) is 4.93. The van der Waals surface area contributed by atoms with Crippen LogP contribution in [-0.4, -0.2) is 35.8 Å². The van der Waals surface area contributed by atoms with E-state index < -0.39 is 5.60 Å². The van der Waals surface area contributed by atoms with Gasteiger partial charge in [-0.1, -0.05) is 23.2 Å². The molecular formula is C14H19Cl2N3O2. The predicted molar refractivity (Wildman–Crippen MR) is 84.2 cm³/mol. The molecule has 7 heteroatoms. The lowest BCUT2D eigenvalue weighted by Gasteiger charge is -2.22. The number of rotatable bonds is 2. The third-order valence-corrected chi connectivity index (χ3v) is 3.41. The number of nitrogens with one attached hydrogen (secondary N) is 1. The van der Waals surface area contributed by atoms with E-state index in [0.29, 0.717) is 16.9 Å². The average molecular weight is 332 g/mol. The van der Waals surface area contributed by atoms with Gasteiger partial charge in [0.05, 0.1) is 6.04 Å². The molecule has 0 unspecified atom stereocenters. The molecule has 0 bridgehead atoms. The topological polar surface area (TPSA) is 54.5 Å². The summed E-state index contributed by atoms with van der Waals surface area (Å²) in [6.45, 7) is 7.03. The maximum absolute atomic E-state index is 11.8. The first-order valence-electron chi connectivity index (χ1n) is 6.80. The van der Waals surface area contributed by atoms with Crippen LogP contribution in [0.25, 0.3) is 0 Å². The standard InChI is InChI=1S/C14H19Cl2N3O2/c1-14(2,3)21-13(20)17-9-4-5-19(8-9)10-6-11(15)18-12(16)7-10/h6-7,9H,4-5,8H2,1-3H3,(H,17,20)/t9-/m1/s1. The second-order valence-electron chi connectivity index (χ2n) is 6.05. The molecule has 1 saturated heterocycles. The lowest BCUT2D eigenvalue weighted by Crippen LogP contribution is -2.40. The van der Waals surface area contributed by atoms with E-state index in [1.54, 1.807) is 12.1 Å². The molecule has 0 radical (unpaired) electrons. The van der Waals surface area contributed by atoms with Crippen molar-refractivity contribution in [3.63, 3.8) is 0 Å². The van der Waals surface area contributed by atoms with Crippen molar-refractivity contribution < 1.29 is 9.53 Å². The Morgan fingerprint density at radius 1 is 1.38 bits per heavy atom. The largest absolute Gasteiger partial charge is 0.444 e. The zero-order chi connectivity index (χ0) is 15.6. The van der Waals surface area contributed by atoms with Gasteiger partial charge in [-0.15, -0.1) is 0 Å². The van der Waals surface area contributed by atoms with E-state index >= 15 is 0 Å². The molecule has 0 aliphatic carbocycles. The molecule has 1 aromatic heterocycles. The van der Waals surface area contributed by atoms with Gasteiger partial charge in [0, 0.05) is 18.8 Å². The summed E-state index contributed by atoms with van der Waals surface area (Å²) < 4.78 is 5.26. The Bertz CT molecular complexity index is 511. The highest BCUT2D eigenvalue weighted by Crippen LogP contribution is 2.25. The molecule has 2 heterocycles. The van der Waals surface area contributed by atoms with Crippen LogP contribution in [0.5, 0.6) is 0 Å². The quantitative estimate of drug-likeness (QED) is 0.843. The number of carbonyl (C=O) groups is 1. The highest BCUT2D eigenvalue weighted by molar-refractivity contribution is 6.32. The number of hydrogen-bond acceptors (Lipinski definition) is 4. The van der Waals surface area contributed by atoms with Crippen LogP contribution in [0.1, 0.15) is 27.2 Å². The minimum absolute atomic E-state index is 0.0468. The van der Waals surface area contributed by atoms with E-state index in [1.807, 2.05) is 20.8 Å². The molecule has 1 aliphatic rings. The lowest BCUT2D eigenvalue weighted by atomic mass is 10.2. The van der Waals surface area contributed by atoms with E-state index in [4.69, 9.17) is 27.9 Å². The van der Waals surface area contributed by atoms with Crippen molar-refractivity contribution in [1.29, 1.82) is 0 Å². The molecule has 0 saturated carbocycles. The molecule has 1 N–H and O–H groups in total. The molecule has 21 heavy (non-hydrogen) atoms. The van der Waals surface area contributed by atoms with Gasteiger partial charge in [0.2, 0.25) is 0 Å². The van der Waals surface area contributed by atoms with Crippen LogP contribution in [0, 0.1) is 0 Å². The van der Waals surface area contributed by atoms with Crippen LogP contribution in [0.4, 0.5) is 10.5 Å². The SMILES string of the molecule is CC(C)(C)OC(=O)N[C@@H]1CCN(c2cc(Cl)nc(Cl)c2)C1. The molecule has 1 aliphatic heterocycles. The molecular weight excluding hydrogens is 313 g/mol. The Morgan fingerprint density at radius 2 is 2.00 bits per heavy atom. The maximum Gasteiger partial charge on any atom is 0.407 e. The van der Waals surface area contributed by atoms with Gasteiger partial charge in [0.15, 0.2) is 0 Å². The maximum atomic E-state index is 11.8. The number of hydrogen-bond donors (Lipinski definition) is 1. The van der Waals surface area contributed by atoms with Crippen molar-refractivity contribution in [3.05, 3.63) is 22.4 Å². The van der Waals surface area contributed by atoms with E-state index in [0.717, 1.165) is 18.7 Å². The van der Waals surface area contributed by atoms with E-state index in [1.165, 1.54) is 0 Å². The highest BCUT2D eigenvalue weighted by Gasteiger charge is 2.26. The van der Waals surface area contributed by atoms with Crippen LogP contribution in [0.3, 0.4) is 0 Å². The Hall–Kier alpha value is -1.20. The monoisotopic (exact) mass is 331 g/mol. The number of halogens is 2. The van der Waals surface area contributed by atoms with Crippen LogP contribution in [0.15, 0.2) is 12.1 Å². The van der Waals surface area contributed by atoms with Crippen molar-refractivity contribution in [2.45, 2.75) is 38.8 Å². The number of amides is 1. The summed E-state index contributed by atoms with van der Waals surface area (Å²) in [7, 11) is 0. The zero-order valence-electron chi connectivity index (χ0n) is 12.3. The number of alkyl carbamates (subject to hydrolysis) is 1. The average Bonchev–Trinajstić information content (AvgIpc) is 2.73. The first kappa shape index (κ1) is 16.2. The summed E-state index contributed by atoms with van der Waals surface area (Å²) in [4.78, 5) is 17.8. The van der Waals surface area contributed by atoms with Gasteiger partial charge in [0.25, 0.3) is 0 Å². The van der Waals surface area contributed by atoms with Crippen LogP contribution in [0.2, 0.25) is 10.3 Å². The van der Waals surface area contributed by atoms with Crippen molar-refractivity contribution >= 4 is 35.0 Å². The van der Waals surface area contributed by atoms with Gasteiger partial charge in [-0.05, 0) is 39.3 Å². The molecule has 1 amide bonds. The van der Waals surface area contributed by atoms with E-state index in [9.17, 15) is 4.79 Å². The van der Waals surface area contributed by atoms with Gasteiger partial charge in [-0.2, -0.15) is 0 Å². The number of anilines is 1. The fourth-order valence-electron chi connectivity index (χ4n) is 2.22. The van der Waals surface area contributed by atoms with Crippen molar-refractivity contribution in [1.82, 2.24) is 10.3 Å². The first-order chi connectivity index (χ1) is 9.73.